The Labute approximate surface area is 300 Å². The Balaban J connectivity index is 1.32. The van der Waals surface area contributed by atoms with E-state index in [0.29, 0.717) is 0 Å². The molecule has 1 aromatic heterocycles. The molecule has 5 nitrogen and oxygen atoms in total. The predicted octanol–water partition coefficient (Wildman–Crippen LogP) is 9.65. The van der Waals surface area contributed by atoms with Gasteiger partial charge in [-0.1, -0.05) is 103 Å². The highest BCUT2D eigenvalue weighted by Gasteiger charge is 2.46. The lowest BCUT2D eigenvalue weighted by molar-refractivity contribution is 1.13. The van der Waals surface area contributed by atoms with Crippen LogP contribution in [0, 0.1) is 0 Å². The summed E-state index contributed by atoms with van der Waals surface area (Å²) >= 11 is 1.86. The highest BCUT2D eigenvalue weighted by Crippen LogP contribution is 2.59. The van der Waals surface area contributed by atoms with Crippen molar-refractivity contribution >= 4 is 97.1 Å². The lowest BCUT2D eigenvalue weighted by Gasteiger charge is -2.47. The third-order valence-electron chi connectivity index (χ3n) is 10.3. The Morgan fingerprint density at radius 1 is 0.451 bits per heavy atom. The standard InChI is InChI=1S/C44H28BN5S/c1-3-14-29(15-4-1)48-34-21-9-7-18-31(34)45-32-19-8-10-22-35(32)49(30-16-5-2-6-17-30)43-41(45)38(48)28-39-44(43)51-40-25-12-11-23-36(40)50(39)37-24-13-20-33-42(37)47-27-26-46-33/h1-28H. The fourth-order valence-electron chi connectivity index (χ4n) is 8.28. The third-order valence-corrected chi connectivity index (χ3v) is 11.5. The molecule has 4 heterocycles. The molecule has 0 spiro atoms. The molecule has 3 aliphatic heterocycles. The molecule has 7 aromatic carbocycles. The Morgan fingerprint density at radius 2 is 1.04 bits per heavy atom. The summed E-state index contributed by atoms with van der Waals surface area (Å²) in [6, 6.07) is 57.0. The highest BCUT2D eigenvalue weighted by atomic mass is 32.2. The quantitative estimate of drug-likeness (QED) is 0.175. The maximum atomic E-state index is 4.91. The van der Waals surface area contributed by atoms with E-state index in [9.17, 15) is 0 Å². The van der Waals surface area contributed by atoms with Crippen molar-refractivity contribution in [1.29, 1.82) is 0 Å². The minimum Gasteiger partial charge on any atom is -0.311 e. The zero-order valence-corrected chi connectivity index (χ0v) is 28.2. The van der Waals surface area contributed by atoms with Crippen molar-refractivity contribution in [1.82, 2.24) is 9.97 Å². The van der Waals surface area contributed by atoms with E-state index in [-0.39, 0.29) is 6.71 Å². The number of nitrogens with zero attached hydrogens (tertiary/aromatic N) is 5. The van der Waals surface area contributed by atoms with E-state index in [1.54, 1.807) is 12.4 Å². The second-order valence-corrected chi connectivity index (χ2v) is 14.1. The van der Waals surface area contributed by atoms with Crippen LogP contribution in [0.25, 0.3) is 11.0 Å². The molecule has 0 aliphatic carbocycles. The molecule has 8 aromatic rings. The zero-order valence-electron chi connectivity index (χ0n) is 27.4. The average molecular weight is 670 g/mol. The highest BCUT2D eigenvalue weighted by molar-refractivity contribution is 8.00. The van der Waals surface area contributed by atoms with E-state index in [0.717, 1.165) is 39.5 Å². The van der Waals surface area contributed by atoms with Crippen molar-refractivity contribution < 1.29 is 0 Å². The van der Waals surface area contributed by atoms with E-state index < -0.39 is 0 Å². The number of rotatable bonds is 3. The van der Waals surface area contributed by atoms with Gasteiger partial charge in [0.15, 0.2) is 0 Å². The van der Waals surface area contributed by atoms with Gasteiger partial charge in [-0.05, 0) is 83.1 Å². The number of fused-ring (bicyclic) bond motifs is 8. The SMILES string of the molecule is c1ccc(N2c3ccccc3B3c4ccccc4N(c4ccccc4)c4c5c(cc2c43)N(c2cccc3nccnc23)c2ccccc2S5)cc1. The van der Waals surface area contributed by atoms with Crippen molar-refractivity contribution in [3.05, 3.63) is 170 Å². The minimum absolute atomic E-state index is 0.0438. The minimum atomic E-state index is 0.0438. The van der Waals surface area contributed by atoms with Crippen molar-refractivity contribution in [2.75, 3.05) is 14.7 Å². The first-order valence-corrected chi connectivity index (χ1v) is 18.0. The molecular weight excluding hydrogens is 641 g/mol. The van der Waals surface area contributed by atoms with Crippen LogP contribution in [0.15, 0.2) is 180 Å². The van der Waals surface area contributed by atoms with Gasteiger partial charge >= 0.3 is 0 Å². The lowest BCUT2D eigenvalue weighted by atomic mass is 9.33. The fourth-order valence-corrected chi connectivity index (χ4v) is 9.46. The van der Waals surface area contributed by atoms with Gasteiger partial charge in [-0.15, -0.1) is 0 Å². The molecule has 0 fully saturated rings. The van der Waals surface area contributed by atoms with Crippen LogP contribution in [0.4, 0.5) is 51.2 Å². The monoisotopic (exact) mass is 669 g/mol. The van der Waals surface area contributed by atoms with E-state index in [2.05, 4.69) is 166 Å². The molecule has 0 saturated heterocycles. The Kier molecular flexibility index (Phi) is 6.21. The molecule has 0 N–H and O–H groups in total. The number of hydrogen-bond acceptors (Lipinski definition) is 6. The van der Waals surface area contributed by atoms with E-state index in [1.165, 1.54) is 48.9 Å². The largest absolute Gasteiger partial charge is 0.311 e. The second kappa shape index (κ2) is 11.1. The van der Waals surface area contributed by atoms with Crippen molar-refractivity contribution in [2.45, 2.75) is 9.79 Å². The van der Waals surface area contributed by atoms with Crippen LogP contribution >= 0.6 is 11.8 Å². The van der Waals surface area contributed by atoms with Crippen LogP contribution < -0.4 is 31.1 Å². The zero-order chi connectivity index (χ0) is 33.5. The van der Waals surface area contributed by atoms with Gasteiger partial charge < -0.3 is 14.7 Å². The van der Waals surface area contributed by atoms with Gasteiger partial charge in [-0.3, -0.25) is 9.97 Å². The van der Waals surface area contributed by atoms with Gasteiger partial charge in [-0.2, -0.15) is 0 Å². The molecule has 0 atom stereocenters. The average Bonchev–Trinajstić information content (AvgIpc) is 3.20. The first kappa shape index (κ1) is 28.5. The molecule has 0 bridgehead atoms. The third kappa shape index (κ3) is 4.13. The normalized spacial score (nSPS) is 13.6. The molecule has 11 rings (SSSR count). The van der Waals surface area contributed by atoms with E-state index in [1.807, 2.05) is 17.8 Å². The summed E-state index contributed by atoms with van der Waals surface area (Å²) in [6.45, 7) is 0.0438. The molecule has 0 unspecified atom stereocenters. The summed E-state index contributed by atoms with van der Waals surface area (Å²) in [7, 11) is 0. The van der Waals surface area contributed by atoms with Gasteiger partial charge in [0.1, 0.15) is 5.52 Å². The Morgan fingerprint density at radius 3 is 1.78 bits per heavy atom. The molecule has 7 heteroatoms. The van der Waals surface area contributed by atoms with Gasteiger partial charge in [-0.25, -0.2) is 0 Å². The second-order valence-electron chi connectivity index (χ2n) is 13.0. The maximum Gasteiger partial charge on any atom is 0.252 e. The molecular formula is C44H28BN5S. The maximum absolute atomic E-state index is 4.91. The molecule has 238 valence electrons. The van der Waals surface area contributed by atoms with Gasteiger partial charge in [0.05, 0.1) is 33.2 Å². The first-order valence-electron chi connectivity index (χ1n) is 17.2. The van der Waals surface area contributed by atoms with Crippen molar-refractivity contribution in [2.24, 2.45) is 0 Å². The van der Waals surface area contributed by atoms with Crippen LogP contribution in [-0.4, -0.2) is 16.7 Å². The van der Waals surface area contributed by atoms with Crippen LogP contribution in [-0.2, 0) is 0 Å². The summed E-state index contributed by atoms with van der Waals surface area (Å²) in [5, 5.41) is 0. The number of anilines is 9. The Bertz CT molecular complexity index is 2650. The fraction of sp³-hybridized carbons (Fsp3) is 0. The van der Waals surface area contributed by atoms with Gasteiger partial charge in [0.2, 0.25) is 0 Å². The summed E-state index contributed by atoms with van der Waals surface area (Å²) < 4.78 is 0. The van der Waals surface area contributed by atoms with Gasteiger partial charge in [0, 0.05) is 45.7 Å². The smallest absolute Gasteiger partial charge is 0.252 e. The van der Waals surface area contributed by atoms with Crippen molar-refractivity contribution in [3.8, 4) is 0 Å². The van der Waals surface area contributed by atoms with E-state index >= 15 is 0 Å². The summed E-state index contributed by atoms with van der Waals surface area (Å²) in [6.07, 6.45) is 3.56. The molecule has 51 heavy (non-hydrogen) atoms. The molecule has 3 aliphatic rings. The van der Waals surface area contributed by atoms with Crippen LogP contribution in [0.3, 0.4) is 0 Å². The molecule has 0 saturated carbocycles. The van der Waals surface area contributed by atoms with Crippen LogP contribution in [0.5, 0.6) is 0 Å². The van der Waals surface area contributed by atoms with Gasteiger partial charge in [0.25, 0.3) is 6.71 Å². The Hall–Kier alpha value is -6.31. The predicted molar refractivity (Wildman–Crippen MR) is 212 cm³/mol. The summed E-state index contributed by atoms with van der Waals surface area (Å²) in [5.74, 6) is 0. The lowest BCUT2D eigenvalue weighted by Crippen LogP contribution is -2.61. The van der Waals surface area contributed by atoms with Crippen molar-refractivity contribution in [3.63, 3.8) is 0 Å². The topological polar surface area (TPSA) is 35.5 Å². The van der Waals surface area contributed by atoms with E-state index in [4.69, 9.17) is 9.97 Å². The summed E-state index contributed by atoms with van der Waals surface area (Å²) in [5.41, 5.74) is 15.9. The number of para-hydroxylation sites is 6. The van der Waals surface area contributed by atoms with Crippen LogP contribution in [0.1, 0.15) is 0 Å². The first-order chi connectivity index (χ1) is 25.3. The molecule has 0 radical (unpaired) electrons. The summed E-state index contributed by atoms with van der Waals surface area (Å²) in [4.78, 5) is 19.4. The molecule has 0 amide bonds. The number of hydrogen-bond donors (Lipinski definition) is 0. The number of aromatic nitrogens is 2. The number of benzene rings is 7. The van der Waals surface area contributed by atoms with Crippen LogP contribution in [0.2, 0.25) is 0 Å².